The third-order valence-electron chi connectivity index (χ3n) is 4.16. The van der Waals surface area contributed by atoms with Gasteiger partial charge in [0.1, 0.15) is 0 Å². The molecule has 0 amide bonds. The zero-order valence-corrected chi connectivity index (χ0v) is 13.1. The lowest BCUT2D eigenvalue weighted by atomic mass is 9.97. The van der Waals surface area contributed by atoms with E-state index in [0.717, 1.165) is 43.5 Å². The highest BCUT2D eigenvalue weighted by Crippen LogP contribution is 2.30. The van der Waals surface area contributed by atoms with Crippen molar-refractivity contribution in [1.29, 1.82) is 0 Å². The van der Waals surface area contributed by atoms with Crippen LogP contribution in [0.1, 0.15) is 31.7 Å². The quantitative estimate of drug-likeness (QED) is 0.895. The Morgan fingerprint density at radius 3 is 2.95 bits per heavy atom. The van der Waals surface area contributed by atoms with Gasteiger partial charge in [-0.15, -0.1) is 0 Å². The fraction of sp³-hybridized carbons (Fsp3) is 0.600. The van der Waals surface area contributed by atoms with Gasteiger partial charge in [-0.2, -0.15) is 0 Å². The molecule has 2 N–H and O–H groups in total. The van der Waals surface area contributed by atoms with Crippen LogP contribution in [0.4, 0.5) is 5.69 Å². The van der Waals surface area contributed by atoms with Crippen LogP contribution in [-0.2, 0) is 21.2 Å². The van der Waals surface area contributed by atoms with Crippen molar-refractivity contribution in [3.8, 4) is 0 Å². The first-order chi connectivity index (χ1) is 10.0. The van der Waals surface area contributed by atoms with Gasteiger partial charge in [0.15, 0.2) is 0 Å². The Hall–Kier alpha value is -1.11. The molecule has 0 spiro atoms. The fourth-order valence-corrected chi connectivity index (χ4v) is 4.84. The van der Waals surface area contributed by atoms with E-state index < -0.39 is 15.6 Å². The Balaban J connectivity index is 1.91. The maximum absolute atomic E-state index is 12.8. The molecule has 0 aromatic heterocycles. The molecule has 2 aliphatic heterocycles. The monoisotopic (exact) mass is 310 g/mol. The smallest absolute Gasteiger partial charge is 0.241 e. The van der Waals surface area contributed by atoms with Crippen molar-refractivity contribution in [1.82, 2.24) is 4.72 Å². The van der Waals surface area contributed by atoms with Crippen LogP contribution in [0.2, 0.25) is 0 Å². The zero-order valence-electron chi connectivity index (χ0n) is 12.3. The van der Waals surface area contributed by atoms with E-state index in [9.17, 15) is 8.42 Å². The van der Waals surface area contributed by atoms with Gasteiger partial charge in [0, 0.05) is 18.8 Å². The Labute approximate surface area is 126 Å². The molecule has 6 heteroatoms. The first-order valence-corrected chi connectivity index (χ1v) is 8.96. The molecule has 1 fully saturated rings. The standard InChI is InChI=1S/C15H22N2O3S/c1-15(8-4-10-20-11-15)17-21(18,19)14-7-2-6-13-12(14)5-3-9-16-13/h2,6-7,16-17H,3-5,8-11H2,1H3. The molecule has 2 aliphatic rings. The average Bonchev–Trinajstić information content (AvgIpc) is 2.46. The highest BCUT2D eigenvalue weighted by atomic mass is 32.2. The molecular formula is C15H22N2O3S. The number of nitrogens with one attached hydrogen (secondary N) is 2. The van der Waals surface area contributed by atoms with Gasteiger partial charge in [-0.05, 0) is 50.3 Å². The highest BCUT2D eigenvalue weighted by Gasteiger charge is 2.34. The summed E-state index contributed by atoms with van der Waals surface area (Å²) in [6.45, 7) is 3.95. The topological polar surface area (TPSA) is 67.4 Å². The predicted octanol–water partition coefficient (Wildman–Crippen LogP) is 1.89. The van der Waals surface area contributed by atoms with Crippen LogP contribution in [-0.4, -0.2) is 33.7 Å². The molecular weight excluding hydrogens is 288 g/mol. The number of hydrogen-bond acceptors (Lipinski definition) is 4. The second-order valence-corrected chi connectivity index (χ2v) is 7.79. The number of sulfonamides is 1. The largest absolute Gasteiger partial charge is 0.385 e. The molecule has 5 nitrogen and oxygen atoms in total. The molecule has 0 radical (unpaired) electrons. The first kappa shape index (κ1) is 14.8. The SMILES string of the molecule is CC1(NS(=O)(=O)c2cccc3c2CCCN3)CCCOC1. The van der Waals surface area contributed by atoms with Crippen molar-refractivity contribution in [2.24, 2.45) is 0 Å². The third kappa shape index (κ3) is 3.07. The van der Waals surface area contributed by atoms with Crippen LogP contribution in [0.25, 0.3) is 0 Å². The van der Waals surface area contributed by atoms with Crippen LogP contribution >= 0.6 is 0 Å². The molecule has 2 heterocycles. The van der Waals surface area contributed by atoms with Gasteiger partial charge in [-0.1, -0.05) is 6.07 Å². The maximum atomic E-state index is 12.8. The van der Waals surface area contributed by atoms with Gasteiger partial charge in [-0.3, -0.25) is 0 Å². The lowest BCUT2D eigenvalue weighted by Crippen LogP contribution is -2.51. The van der Waals surface area contributed by atoms with E-state index in [-0.39, 0.29) is 0 Å². The number of ether oxygens (including phenoxy) is 1. The van der Waals surface area contributed by atoms with Gasteiger partial charge in [0.25, 0.3) is 0 Å². The lowest BCUT2D eigenvalue weighted by molar-refractivity contribution is 0.0386. The molecule has 1 saturated heterocycles. The second-order valence-electron chi connectivity index (χ2n) is 6.13. The molecule has 1 aromatic carbocycles. The van der Waals surface area contributed by atoms with Crippen molar-refractivity contribution in [2.75, 3.05) is 25.1 Å². The van der Waals surface area contributed by atoms with Crippen LogP contribution in [0, 0.1) is 0 Å². The normalized spacial score (nSPS) is 26.0. The molecule has 0 aliphatic carbocycles. The summed E-state index contributed by atoms with van der Waals surface area (Å²) < 4.78 is 33.9. The van der Waals surface area contributed by atoms with Crippen molar-refractivity contribution in [3.63, 3.8) is 0 Å². The number of rotatable bonds is 3. The molecule has 1 unspecified atom stereocenters. The third-order valence-corrected chi connectivity index (χ3v) is 5.88. The van der Waals surface area contributed by atoms with E-state index >= 15 is 0 Å². The molecule has 1 atom stereocenters. The minimum absolute atomic E-state index is 0.402. The fourth-order valence-electron chi connectivity index (χ4n) is 3.12. The Morgan fingerprint density at radius 1 is 1.33 bits per heavy atom. The van der Waals surface area contributed by atoms with Gasteiger partial charge in [-0.25, -0.2) is 13.1 Å². The molecule has 1 aromatic rings. The summed E-state index contributed by atoms with van der Waals surface area (Å²) in [6.07, 6.45) is 3.44. The Morgan fingerprint density at radius 2 is 2.19 bits per heavy atom. The zero-order chi connectivity index (χ0) is 14.9. The van der Waals surface area contributed by atoms with E-state index in [1.54, 1.807) is 12.1 Å². The predicted molar refractivity (Wildman–Crippen MR) is 82.0 cm³/mol. The van der Waals surface area contributed by atoms with Crippen molar-refractivity contribution in [2.45, 2.75) is 43.0 Å². The van der Waals surface area contributed by atoms with Crippen LogP contribution in [0.3, 0.4) is 0 Å². The first-order valence-electron chi connectivity index (χ1n) is 7.48. The maximum Gasteiger partial charge on any atom is 0.241 e. The molecule has 21 heavy (non-hydrogen) atoms. The number of benzene rings is 1. The van der Waals surface area contributed by atoms with Crippen LogP contribution in [0.15, 0.2) is 23.1 Å². The minimum Gasteiger partial charge on any atom is -0.385 e. The van der Waals surface area contributed by atoms with Crippen molar-refractivity contribution in [3.05, 3.63) is 23.8 Å². The Kier molecular flexibility index (Phi) is 3.94. The molecule has 0 bridgehead atoms. The average molecular weight is 310 g/mol. The summed E-state index contributed by atoms with van der Waals surface area (Å²) in [6, 6.07) is 5.44. The van der Waals surface area contributed by atoms with Crippen molar-refractivity contribution >= 4 is 15.7 Å². The van der Waals surface area contributed by atoms with Gasteiger partial charge < -0.3 is 10.1 Å². The lowest BCUT2D eigenvalue weighted by Gasteiger charge is -2.34. The van der Waals surface area contributed by atoms with E-state index in [4.69, 9.17) is 4.74 Å². The number of hydrogen-bond donors (Lipinski definition) is 2. The molecule has 0 saturated carbocycles. The van der Waals surface area contributed by atoms with Crippen molar-refractivity contribution < 1.29 is 13.2 Å². The van der Waals surface area contributed by atoms with Gasteiger partial charge in [0.05, 0.1) is 17.0 Å². The minimum atomic E-state index is -3.53. The summed E-state index contributed by atoms with van der Waals surface area (Å²) in [5.74, 6) is 0. The van der Waals surface area contributed by atoms with E-state index in [1.165, 1.54) is 0 Å². The summed E-state index contributed by atoms with van der Waals surface area (Å²) >= 11 is 0. The highest BCUT2D eigenvalue weighted by molar-refractivity contribution is 7.89. The van der Waals surface area contributed by atoms with E-state index in [1.807, 2.05) is 13.0 Å². The van der Waals surface area contributed by atoms with Gasteiger partial charge in [0.2, 0.25) is 10.0 Å². The van der Waals surface area contributed by atoms with Crippen LogP contribution in [0.5, 0.6) is 0 Å². The summed E-state index contributed by atoms with van der Waals surface area (Å²) in [4.78, 5) is 0.402. The Bertz CT molecular complexity index is 622. The number of fused-ring (bicyclic) bond motifs is 1. The number of anilines is 1. The van der Waals surface area contributed by atoms with Gasteiger partial charge >= 0.3 is 0 Å². The summed E-state index contributed by atoms with van der Waals surface area (Å²) in [5, 5.41) is 3.27. The molecule has 116 valence electrons. The summed E-state index contributed by atoms with van der Waals surface area (Å²) in [5.41, 5.74) is 1.33. The van der Waals surface area contributed by atoms with E-state index in [2.05, 4.69) is 10.0 Å². The second kappa shape index (κ2) is 5.59. The molecule has 3 rings (SSSR count). The van der Waals surface area contributed by atoms with E-state index in [0.29, 0.717) is 18.1 Å². The van der Waals surface area contributed by atoms with Crippen LogP contribution < -0.4 is 10.0 Å². The summed E-state index contributed by atoms with van der Waals surface area (Å²) in [7, 11) is -3.53.